The zero-order chi connectivity index (χ0) is 10.0. The number of aliphatic hydroxyl groups is 3. The summed E-state index contributed by atoms with van der Waals surface area (Å²) in [7, 11) is 0. The van der Waals surface area contributed by atoms with Crippen molar-refractivity contribution in [1.29, 1.82) is 0 Å². The molecule has 6 heteroatoms. The summed E-state index contributed by atoms with van der Waals surface area (Å²) in [6.07, 6.45) is -2.82. The van der Waals surface area contributed by atoms with Gasteiger partial charge in [-0.25, -0.2) is 4.79 Å². The minimum absolute atomic E-state index is 0.461. The fourth-order valence-electron chi connectivity index (χ4n) is 1.01. The standard InChI is InChI=1S/C7H10O6/c8-2-5-6(10)3(9)1-4(13-5)7(11)12/h1,3,5-6,8-10H,2H2,(H,11,12). The lowest BCUT2D eigenvalue weighted by Gasteiger charge is -2.29. The van der Waals surface area contributed by atoms with Crippen LogP contribution in [0.5, 0.6) is 0 Å². The molecule has 0 aromatic heterocycles. The lowest BCUT2D eigenvalue weighted by Crippen LogP contribution is -2.44. The van der Waals surface area contributed by atoms with Crippen molar-refractivity contribution < 1.29 is 30.0 Å². The van der Waals surface area contributed by atoms with Gasteiger partial charge in [0.1, 0.15) is 12.2 Å². The number of carboxylic acid groups (broad SMARTS) is 1. The summed E-state index contributed by atoms with van der Waals surface area (Å²) in [4.78, 5) is 10.4. The summed E-state index contributed by atoms with van der Waals surface area (Å²) in [5, 5.41) is 35.4. The topological polar surface area (TPSA) is 107 Å². The second kappa shape index (κ2) is 3.73. The maximum Gasteiger partial charge on any atom is 0.370 e. The number of carboxylic acids is 1. The molecule has 13 heavy (non-hydrogen) atoms. The van der Waals surface area contributed by atoms with E-state index in [9.17, 15) is 4.79 Å². The zero-order valence-electron chi connectivity index (χ0n) is 6.62. The maximum absolute atomic E-state index is 10.4. The Morgan fingerprint density at radius 3 is 2.62 bits per heavy atom. The summed E-state index contributed by atoms with van der Waals surface area (Å²) in [5.41, 5.74) is 0. The summed E-state index contributed by atoms with van der Waals surface area (Å²) in [5.74, 6) is -1.80. The van der Waals surface area contributed by atoms with Crippen molar-refractivity contribution in [3.8, 4) is 0 Å². The summed E-state index contributed by atoms with van der Waals surface area (Å²) in [6.45, 7) is -0.553. The van der Waals surface area contributed by atoms with Crippen LogP contribution in [0.3, 0.4) is 0 Å². The van der Waals surface area contributed by atoms with Gasteiger partial charge in [0, 0.05) is 0 Å². The second-order valence-corrected chi connectivity index (χ2v) is 2.66. The van der Waals surface area contributed by atoms with Gasteiger partial charge < -0.3 is 25.2 Å². The van der Waals surface area contributed by atoms with Gasteiger partial charge >= 0.3 is 5.97 Å². The summed E-state index contributed by atoms with van der Waals surface area (Å²) < 4.78 is 4.68. The highest BCUT2D eigenvalue weighted by molar-refractivity contribution is 5.84. The first kappa shape index (κ1) is 9.97. The normalized spacial score (nSPS) is 33.5. The summed E-state index contributed by atoms with van der Waals surface area (Å²) >= 11 is 0. The second-order valence-electron chi connectivity index (χ2n) is 2.66. The van der Waals surface area contributed by atoms with Gasteiger partial charge in [-0.1, -0.05) is 0 Å². The van der Waals surface area contributed by atoms with Gasteiger partial charge in [-0.15, -0.1) is 0 Å². The molecule has 0 saturated heterocycles. The van der Waals surface area contributed by atoms with Crippen molar-refractivity contribution in [2.75, 3.05) is 6.61 Å². The molecule has 0 spiro atoms. The smallest absolute Gasteiger partial charge is 0.370 e. The molecule has 0 aromatic carbocycles. The molecule has 0 aliphatic carbocycles. The van der Waals surface area contributed by atoms with Crippen LogP contribution in [-0.2, 0) is 9.53 Å². The van der Waals surface area contributed by atoms with E-state index in [1.54, 1.807) is 0 Å². The van der Waals surface area contributed by atoms with Gasteiger partial charge in [-0.05, 0) is 6.08 Å². The van der Waals surface area contributed by atoms with Crippen LogP contribution in [0.4, 0.5) is 0 Å². The number of aliphatic carboxylic acids is 1. The highest BCUT2D eigenvalue weighted by atomic mass is 16.5. The highest BCUT2D eigenvalue weighted by Crippen LogP contribution is 2.17. The van der Waals surface area contributed by atoms with E-state index in [1.807, 2.05) is 0 Å². The first-order valence-corrected chi connectivity index (χ1v) is 3.65. The Kier molecular flexibility index (Phi) is 2.86. The molecule has 74 valence electrons. The van der Waals surface area contributed by atoms with Crippen molar-refractivity contribution >= 4 is 5.97 Å². The van der Waals surface area contributed by atoms with E-state index in [2.05, 4.69) is 4.74 Å². The van der Waals surface area contributed by atoms with Gasteiger partial charge in [-0.2, -0.15) is 0 Å². The van der Waals surface area contributed by atoms with Crippen molar-refractivity contribution in [3.63, 3.8) is 0 Å². The summed E-state index contributed by atoms with van der Waals surface area (Å²) in [6, 6.07) is 0. The average molecular weight is 190 g/mol. The average Bonchev–Trinajstić information content (AvgIpc) is 2.09. The van der Waals surface area contributed by atoms with Gasteiger partial charge in [-0.3, -0.25) is 0 Å². The third-order valence-electron chi connectivity index (χ3n) is 1.72. The lowest BCUT2D eigenvalue weighted by molar-refractivity contribution is -0.145. The molecule has 3 atom stereocenters. The Balaban J connectivity index is 2.81. The maximum atomic E-state index is 10.4. The Morgan fingerprint density at radius 1 is 1.54 bits per heavy atom. The molecular formula is C7H10O6. The Hall–Kier alpha value is -1.11. The van der Waals surface area contributed by atoms with Gasteiger partial charge in [0.15, 0.2) is 6.10 Å². The predicted molar refractivity (Wildman–Crippen MR) is 39.7 cm³/mol. The monoisotopic (exact) mass is 190 g/mol. The molecule has 3 unspecified atom stereocenters. The first-order chi connectivity index (χ1) is 6.06. The van der Waals surface area contributed by atoms with Crippen LogP contribution in [0.2, 0.25) is 0 Å². The molecule has 0 fully saturated rings. The van der Waals surface area contributed by atoms with Crippen molar-refractivity contribution in [2.24, 2.45) is 0 Å². The van der Waals surface area contributed by atoms with Gasteiger partial charge in [0.25, 0.3) is 0 Å². The fourth-order valence-corrected chi connectivity index (χ4v) is 1.01. The highest BCUT2D eigenvalue weighted by Gasteiger charge is 2.33. The van der Waals surface area contributed by atoms with Gasteiger partial charge in [0.05, 0.1) is 6.61 Å². The van der Waals surface area contributed by atoms with Crippen LogP contribution < -0.4 is 0 Å². The van der Waals surface area contributed by atoms with E-state index in [0.717, 1.165) is 6.08 Å². The zero-order valence-corrected chi connectivity index (χ0v) is 6.62. The largest absolute Gasteiger partial charge is 0.478 e. The molecule has 0 bridgehead atoms. The van der Waals surface area contributed by atoms with Crippen LogP contribution in [-0.4, -0.2) is 51.3 Å². The number of hydrogen-bond donors (Lipinski definition) is 4. The number of ether oxygens (including phenoxy) is 1. The van der Waals surface area contributed by atoms with Crippen LogP contribution >= 0.6 is 0 Å². The molecule has 1 heterocycles. The van der Waals surface area contributed by atoms with Crippen molar-refractivity contribution in [1.82, 2.24) is 0 Å². The molecular weight excluding hydrogens is 180 g/mol. The Labute approximate surface area is 73.7 Å². The molecule has 0 amide bonds. The molecule has 6 nitrogen and oxygen atoms in total. The van der Waals surface area contributed by atoms with E-state index in [0.29, 0.717) is 0 Å². The SMILES string of the molecule is O=C(O)C1=CC(O)C(O)C(CO)O1. The number of rotatable bonds is 2. The third kappa shape index (κ3) is 1.97. The fraction of sp³-hybridized carbons (Fsp3) is 0.571. The first-order valence-electron chi connectivity index (χ1n) is 3.65. The lowest BCUT2D eigenvalue weighted by atomic mass is 10.0. The quantitative estimate of drug-likeness (QED) is 0.404. The molecule has 1 aliphatic heterocycles. The number of carbonyl (C=O) groups is 1. The van der Waals surface area contributed by atoms with Crippen LogP contribution in [0, 0.1) is 0 Å². The Bertz CT molecular complexity index is 235. The third-order valence-corrected chi connectivity index (χ3v) is 1.72. The van der Waals surface area contributed by atoms with Crippen LogP contribution in [0.15, 0.2) is 11.8 Å². The predicted octanol–water partition coefficient (Wildman–Crippen LogP) is -1.93. The number of hydrogen-bond acceptors (Lipinski definition) is 5. The molecule has 1 aliphatic rings. The van der Waals surface area contributed by atoms with E-state index in [1.165, 1.54) is 0 Å². The molecule has 0 radical (unpaired) electrons. The Morgan fingerprint density at radius 2 is 2.15 bits per heavy atom. The molecule has 0 saturated carbocycles. The molecule has 4 N–H and O–H groups in total. The molecule has 0 aromatic rings. The van der Waals surface area contributed by atoms with Crippen molar-refractivity contribution in [3.05, 3.63) is 11.8 Å². The van der Waals surface area contributed by atoms with E-state index in [4.69, 9.17) is 20.4 Å². The van der Waals surface area contributed by atoms with E-state index in [-0.39, 0.29) is 0 Å². The van der Waals surface area contributed by atoms with Gasteiger partial charge in [0.2, 0.25) is 5.76 Å². The minimum atomic E-state index is -1.34. The van der Waals surface area contributed by atoms with E-state index >= 15 is 0 Å². The molecule has 1 rings (SSSR count). The van der Waals surface area contributed by atoms with Crippen LogP contribution in [0.1, 0.15) is 0 Å². The minimum Gasteiger partial charge on any atom is -0.478 e. The van der Waals surface area contributed by atoms with Crippen molar-refractivity contribution in [2.45, 2.75) is 18.3 Å². The van der Waals surface area contributed by atoms with Crippen LogP contribution in [0.25, 0.3) is 0 Å². The number of aliphatic hydroxyl groups excluding tert-OH is 3. The van der Waals surface area contributed by atoms with E-state index < -0.39 is 36.6 Å².